The summed E-state index contributed by atoms with van der Waals surface area (Å²) in [5, 5.41) is 3.08. The molecule has 138 valence electrons. The smallest absolute Gasteiger partial charge is 0.317 e. The minimum Gasteiger partial charge on any atom is -0.378 e. The highest BCUT2D eigenvalue weighted by molar-refractivity contribution is 5.74. The molecule has 1 aliphatic heterocycles. The number of urea groups is 1. The molecule has 3 rings (SSSR count). The number of rotatable bonds is 5. The molecule has 1 atom stereocenters. The molecule has 2 heterocycles. The second-order valence-electron chi connectivity index (χ2n) is 6.91. The second-order valence-corrected chi connectivity index (χ2v) is 6.91. The van der Waals surface area contributed by atoms with E-state index >= 15 is 0 Å². The fraction of sp³-hybridized carbons (Fsp3) is 0.429. The Hall–Kier alpha value is -2.40. The van der Waals surface area contributed by atoms with E-state index in [0.717, 1.165) is 11.3 Å². The Labute approximate surface area is 155 Å². The van der Waals surface area contributed by atoms with E-state index < -0.39 is 0 Å². The van der Waals surface area contributed by atoms with E-state index in [-0.39, 0.29) is 11.9 Å². The molecule has 1 aliphatic rings. The number of hydrogen-bond acceptors (Lipinski definition) is 3. The minimum absolute atomic E-state index is 0.0300. The van der Waals surface area contributed by atoms with Gasteiger partial charge in [-0.15, -0.1) is 0 Å². The van der Waals surface area contributed by atoms with Crippen molar-refractivity contribution in [1.29, 1.82) is 0 Å². The van der Waals surface area contributed by atoms with Crippen molar-refractivity contribution in [3.63, 3.8) is 0 Å². The van der Waals surface area contributed by atoms with Gasteiger partial charge in [-0.2, -0.15) is 0 Å². The maximum Gasteiger partial charge on any atom is 0.317 e. The lowest BCUT2D eigenvalue weighted by atomic mass is 9.92. The van der Waals surface area contributed by atoms with Crippen molar-refractivity contribution < 1.29 is 9.53 Å². The summed E-state index contributed by atoms with van der Waals surface area (Å²) in [7, 11) is 0. The molecule has 1 N–H and O–H groups in total. The van der Waals surface area contributed by atoms with Crippen molar-refractivity contribution in [2.24, 2.45) is 0 Å². The molecule has 1 unspecified atom stereocenters. The van der Waals surface area contributed by atoms with Crippen molar-refractivity contribution in [1.82, 2.24) is 15.2 Å². The van der Waals surface area contributed by atoms with Crippen molar-refractivity contribution >= 4 is 6.03 Å². The highest BCUT2D eigenvalue weighted by Gasteiger charge is 2.20. The quantitative estimate of drug-likeness (QED) is 0.896. The average molecular weight is 353 g/mol. The third kappa shape index (κ3) is 4.61. The van der Waals surface area contributed by atoms with Gasteiger partial charge in [0, 0.05) is 37.4 Å². The van der Waals surface area contributed by atoms with Gasteiger partial charge in [0.25, 0.3) is 0 Å². The van der Waals surface area contributed by atoms with Crippen molar-refractivity contribution in [2.45, 2.75) is 25.7 Å². The summed E-state index contributed by atoms with van der Waals surface area (Å²) in [4.78, 5) is 18.8. The molecule has 0 saturated carbocycles. The summed E-state index contributed by atoms with van der Waals surface area (Å²) >= 11 is 0. The van der Waals surface area contributed by atoms with E-state index in [1.165, 1.54) is 5.56 Å². The average Bonchev–Trinajstić information content (AvgIpc) is 2.70. The number of nitrogens with zero attached hydrogens (tertiary/aromatic N) is 2. The summed E-state index contributed by atoms with van der Waals surface area (Å²) in [5.41, 5.74) is 3.44. The highest BCUT2D eigenvalue weighted by Crippen LogP contribution is 2.24. The number of ether oxygens (including phenoxy) is 1. The molecule has 2 aromatic rings. The summed E-state index contributed by atoms with van der Waals surface area (Å²) < 4.78 is 5.31. The normalized spacial score (nSPS) is 15.7. The van der Waals surface area contributed by atoms with E-state index in [1.54, 1.807) is 11.1 Å². The van der Waals surface area contributed by atoms with Gasteiger partial charge < -0.3 is 15.0 Å². The van der Waals surface area contributed by atoms with Crippen LogP contribution in [0.4, 0.5) is 4.79 Å². The molecule has 5 nitrogen and oxygen atoms in total. The zero-order chi connectivity index (χ0) is 18.4. The molecule has 0 spiro atoms. The predicted molar refractivity (Wildman–Crippen MR) is 102 cm³/mol. The summed E-state index contributed by atoms with van der Waals surface area (Å²) in [6, 6.07) is 14.5. The zero-order valence-corrected chi connectivity index (χ0v) is 15.5. The lowest BCUT2D eigenvalue weighted by Gasteiger charge is -2.28. The van der Waals surface area contributed by atoms with E-state index in [4.69, 9.17) is 4.74 Å². The van der Waals surface area contributed by atoms with Crippen LogP contribution in [-0.4, -0.2) is 48.8 Å². The Morgan fingerprint density at radius 2 is 1.81 bits per heavy atom. The molecule has 5 heteroatoms. The highest BCUT2D eigenvalue weighted by atomic mass is 16.5. The molecular formula is C21H27N3O2. The van der Waals surface area contributed by atoms with Gasteiger partial charge in [-0.1, -0.05) is 44.2 Å². The first-order valence-corrected chi connectivity index (χ1v) is 9.26. The Morgan fingerprint density at radius 1 is 1.12 bits per heavy atom. The SMILES string of the molecule is CC(C)c1ccc(C(CNC(=O)N2CCOCC2)c2ccccn2)cc1. The molecule has 0 bridgehead atoms. The van der Waals surface area contributed by atoms with Crippen LogP contribution in [0.15, 0.2) is 48.7 Å². The number of benzene rings is 1. The van der Waals surface area contributed by atoms with E-state index in [0.29, 0.717) is 38.8 Å². The summed E-state index contributed by atoms with van der Waals surface area (Å²) in [6.45, 7) is 7.39. The third-order valence-electron chi connectivity index (χ3n) is 4.81. The second kappa shape index (κ2) is 8.81. The molecular weight excluding hydrogens is 326 g/mol. The number of pyridine rings is 1. The van der Waals surface area contributed by atoms with Gasteiger partial charge in [-0.3, -0.25) is 4.98 Å². The van der Waals surface area contributed by atoms with Crippen LogP contribution in [0.3, 0.4) is 0 Å². The third-order valence-corrected chi connectivity index (χ3v) is 4.81. The number of carbonyl (C=O) groups is 1. The molecule has 1 aromatic carbocycles. The first-order valence-electron chi connectivity index (χ1n) is 9.26. The maximum atomic E-state index is 12.4. The van der Waals surface area contributed by atoms with Crippen molar-refractivity contribution in [3.8, 4) is 0 Å². The van der Waals surface area contributed by atoms with Gasteiger partial charge in [-0.25, -0.2) is 4.79 Å². The Morgan fingerprint density at radius 3 is 2.42 bits per heavy atom. The van der Waals surface area contributed by atoms with Crippen LogP contribution in [0.2, 0.25) is 0 Å². The van der Waals surface area contributed by atoms with Gasteiger partial charge >= 0.3 is 6.03 Å². The van der Waals surface area contributed by atoms with Crippen molar-refractivity contribution in [3.05, 3.63) is 65.5 Å². The van der Waals surface area contributed by atoms with E-state index in [2.05, 4.69) is 48.4 Å². The molecule has 26 heavy (non-hydrogen) atoms. The van der Waals surface area contributed by atoms with Gasteiger partial charge in [0.2, 0.25) is 0 Å². The van der Waals surface area contributed by atoms with Gasteiger partial charge in [0.05, 0.1) is 13.2 Å². The van der Waals surface area contributed by atoms with Crippen LogP contribution in [0, 0.1) is 0 Å². The number of carbonyl (C=O) groups excluding carboxylic acids is 1. The molecule has 1 aromatic heterocycles. The Balaban J connectivity index is 1.74. The maximum absolute atomic E-state index is 12.4. The monoisotopic (exact) mass is 353 g/mol. The molecule has 1 saturated heterocycles. The van der Waals surface area contributed by atoms with Gasteiger partial charge in [-0.05, 0) is 29.2 Å². The van der Waals surface area contributed by atoms with Crippen molar-refractivity contribution in [2.75, 3.05) is 32.8 Å². The first kappa shape index (κ1) is 18.4. The number of aromatic nitrogens is 1. The van der Waals surface area contributed by atoms with Crippen LogP contribution in [0.5, 0.6) is 0 Å². The first-order chi connectivity index (χ1) is 12.6. The molecule has 1 fully saturated rings. The van der Waals surface area contributed by atoms with Crippen LogP contribution < -0.4 is 5.32 Å². The van der Waals surface area contributed by atoms with Gasteiger partial charge in [0.1, 0.15) is 0 Å². The topological polar surface area (TPSA) is 54.5 Å². The fourth-order valence-corrected chi connectivity index (χ4v) is 3.16. The molecule has 0 radical (unpaired) electrons. The zero-order valence-electron chi connectivity index (χ0n) is 15.5. The minimum atomic E-state index is -0.0342. The molecule has 2 amide bonds. The van der Waals surface area contributed by atoms with E-state index in [1.807, 2.05) is 18.2 Å². The Kier molecular flexibility index (Phi) is 6.23. The molecule has 0 aliphatic carbocycles. The fourth-order valence-electron chi connectivity index (χ4n) is 3.16. The van der Waals surface area contributed by atoms with Crippen LogP contribution in [-0.2, 0) is 4.74 Å². The van der Waals surface area contributed by atoms with Gasteiger partial charge in [0.15, 0.2) is 0 Å². The predicted octanol–water partition coefficient (Wildman–Crippen LogP) is 3.38. The largest absolute Gasteiger partial charge is 0.378 e. The summed E-state index contributed by atoms with van der Waals surface area (Å²) in [6.07, 6.45) is 1.80. The number of nitrogens with one attached hydrogen (secondary N) is 1. The number of hydrogen-bond donors (Lipinski definition) is 1. The number of morpholine rings is 1. The van der Waals surface area contributed by atoms with Crippen LogP contribution in [0.1, 0.15) is 42.5 Å². The lowest BCUT2D eigenvalue weighted by molar-refractivity contribution is 0.0532. The standard InChI is InChI=1S/C21H27N3O2/c1-16(2)17-6-8-18(9-7-17)19(20-5-3-4-10-22-20)15-23-21(25)24-11-13-26-14-12-24/h3-10,16,19H,11-15H2,1-2H3,(H,23,25). The lowest BCUT2D eigenvalue weighted by Crippen LogP contribution is -2.47. The number of amides is 2. The van der Waals surface area contributed by atoms with Crippen LogP contribution >= 0.6 is 0 Å². The Bertz CT molecular complexity index is 695. The van der Waals surface area contributed by atoms with E-state index in [9.17, 15) is 4.79 Å². The summed E-state index contributed by atoms with van der Waals surface area (Å²) in [5.74, 6) is 0.528. The van der Waals surface area contributed by atoms with Crippen LogP contribution in [0.25, 0.3) is 0 Å².